The van der Waals surface area contributed by atoms with Crippen molar-refractivity contribution in [2.45, 2.75) is 190 Å². The average molecular weight is 849 g/mol. The van der Waals surface area contributed by atoms with Gasteiger partial charge in [0.05, 0.1) is 66.1 Å². The van der Waals surface area contributed by atoms with Crippen molar-refractivity contribution in [2.75, 3.05) is 19.5 Å². The highest BCUT2D eigenvalue weighted by Crippen LogP contribution is 2.44. The van der Waals surface area contributed by atoms with Crippen LogP contribution < -0.4 is 0 Å². The Kier molecular flexibility index (Phi) is 16.5. The van der Waals surface area contributed by atoms with Gasteiger partial charge in [-0.3, -0.25) is 0 Å². The number of aldehydes is 1. The summed E-state index contributed by atoms with van der Waals surface area (Å²) in [5.74, 6) is -0.348. The van der Waals surface area contributed by atoms with E-state index >= 15 is 0 Å². The molecule has 1 aromatic rings. The fourth-order valence-corrected chi connectivity index (χ4v) is 12.1. The molecule has 12 heteroatoms. The second-order valence-corrected chi connectivity index (χ2v) is 31.7. The van der Waals surface area contributed by atoms with Crippen LogP contribution in [0.2, 0.25) is 36.3 Å². The van der Waals surface area contributed by atoms with Gasteiger partial charge in [0.1, 0.15) is 6.29 Å². The molecule has 0 radical (unpaired) electrons. The van der Waals surface area contributed by atoms with Crippen LogP contribution in [0.5, 0.6) is 0 Å². The molecular weight excluding hydrogens is 773 g/mol. The van der Waals surface area contributed by atoms with Gasteiger partial charge in [-0.25, -0.2) is 8.42 Å². The third-order valence-corrected chi connectivity index (χ3v) is 24.6. The first-order valence-electron chi connectivity index (χ1n) is 21.3. The summed E-state index contributed by atoms with van der Waals surface area (Å²) < 4.78 is 68.5. The molecule has 3 saturated heterocycles. The first kappa shape index (κ1) is 48.2. The monoisotopic (exact) mass is 848 g/mol. The summed E-state index contributed by atoms with van der Waals surface area (Å²) in [4.78, 5) is 11.2. The van der Waals surface area contributed by atoms with Gasteiger partial charge in [-0.2, -0.15) is 0 Å². The molecule has 3 aliphatic heterocycles. The molecule has 3 fully saturated rings. The highest BCUT2D eigenvalue weighted by atomic mass is 32.2. The lowest BCUT2D eigenvalue weighted by Gasteiger charge is -2.42. The highest BCUT2D eigenvalue weighted by molar-refractivity contribution is 7.91. The summed E-state index contributed by atoms with van der Waals surface area (Å²) in [5.41, 5.74) is 2.09. The van der Waals surface area contributed by atoms with Crippen LogP contribution >= 0.6 is 0 Å². The van der Waals surface area contributed by atoms with E-state index in [4.69, 9.17) is 27.8 Å². The second-order valence-electron chi connectivity index (χ2n) is 20.1. The Balaban J connectivity index is 1.60. The van der Waals surface area contributed by atoms with Gasteiger partial charge in [-0.1, -0.05) is 79.8 Å². The summed E-state index contributed by atoms with van der Waals surface area (Å²) in [6.07, 6.45) is 4.44. The van der Waals surface area contributed by atoms with Gasteiger partial charge in [0, 0.05) is 32.3 Å². The highest BCUT2D eigenvalue weighted by Gasteiger charge is 2.50. The maximum atomic E-state index is 14.1. The number of sulfone groups is 1. The Morgan fingerprint density at radius 3 is 2.11 bits per heavy atom. The van der Waals surface area contributed by atoms with Gasteiger partial charge < -0.3 is 32.6 Å². The molecule has 0 bridgehead atoms. The maximum absolute atomic E-state index is 14.1. The Hall–Kier alpha value is -1.49. The minimum atomic E-state index is -3.68. The van der Waals surface area contributed by atoms with E-state index in [1.165, 1.54) is 0 Å². The molecule has 3 heterocycles. The number of hydrogen-bond acceptors (Lipinski definition) is 9. The average Bonchev–Trinajstić information content (AvgIpc) is 3.63. The predicted molar refractivity (Wildman–Crippen MR) is 234 cm³/mol. The number of carbonyl (C=O) groups is 1. The second kappa shape index (κ2) is 19.5. The molecule has 1 aromatic carbocycles. The van der Waals surface area contributed by atoms with E-state index in [1.54, 1.807) is 31.4 Å². The lowest BCUT2D eigenvalue weighted by molar-refractivity contribution is -0.108. The van der Waals surface area contributed by atoms with Crippen LogP contribution in [0.15, 0.2) is 59.5 Å². The molecule has 9 nitrogen and oxygen atoms in total. The quantitative estimate of drug-likeness (QED) is 0.0764. The first-order chi connectivity index (χ1) is 26.4. The molecule has 0 aliphatic carbocycles. The molecule has 0 aromatic heterocycles. The molecule has 0 N–H and O–H groups in total. The number of carbonyl (C=O) groups excluding carboxylic acids is 1. The topological polar surface area (TPSA) is 107 Å². The van der Waals surface area contributed by atoms with Gasteiger partial charge in [-0.05, 0) is 97.6 Å². The first-order valence-corrected chi connectivity index (χ1v) is 28.7. The standard InChI is InChI=1S/C45H76O9SSi2/c1-31-25-35(22-23-39-32(2)26-34(51-39)19-18-24-46)52-40(33(31)3)28-41-38(30-55(47,48)37-20-16-15-17-21-37)43(49-10)42(53-41)27-36(54-57(13,14)45(7,8)9)29-50-56(11,12)44(4,5)6/h15-17,20-21,24,31,34-36,38-43H,2-3,18-19,22-23,25-30H2,1,4-14H3/t31-,34?,35+,36+,38?,39?,40?,41?,42?,43?/m1/s1. The molecule has 7 unspecified atom stereocenters. The summed E-state index contributed by atoms with van der Waals surface area (Å²) in [5, 5.41) is 0.0137. The smallest absolute Gasteiger partial charge is 0.192 e. The third-order valence-electron chi connectivity index (χ3n) is 13.7. The lowest BCUT2D eigenvalue weighted by atomic mass is 9.83. The van der Waals surface area contributed by atoms with E-state index in [1.807, 2.05) is 6.07 Å². The van der Waals surface area contributed by atoms with Crippen molar-refractivity contribution in [3.05, 3.63) is 54.6 Å². The van der Waals surface area contributed by atoms with Crippen LogP contribution in [0.1, 0.15) is 99.8 Å². The summed E-state index contributed by atoms with van der Waals surface area (Å²) in [7, 11) is -6.37. The number of benzene rings is 1. The van der Waals surface area contributed by atoms with Crippen molar-refractivity contribution in [1.29, 1.82) is 0 Å². The minimum absolute atomic E-state index is 0.0160. The fourth-order valence-electron chi connectivity index (χ4n) is 8.01. The number of rotatable bonds is 19. The van der Waals surface area contributed by atoms with E-state index in [0.717, 1.165) is 49.5 Å². The SMILES string of the molecule is C=C1CC(CCC=O)OC1CC[C@H]1C[C@@H](C)C(=C)C(CC2OC(C[C@@H](CO[Si](C)(C)C(C)(C)C)O[Si](C)(C)C(C)(C)C)C(OC)C2CS(=O)(=O)c2ccccc2)O1. The van der Waals surface area contributed by atoms with E-state index in [9.17, 15) is 13.2 Å². The molecule has 10 atom stereocenters. The lowest BCUT2D eigenvalue weighted by Crippen LogP contribution is -2.49. The van der Waals surface area contributed by atoms with E-state index in [-0.39, 0.29) is 52.3 Å². The zero-order valence-corrected chi connectivity index (χ0v) is 40.1. The predicted octanol–water partition coefficient (Wildman–Crippen LogP) is 9.87. The number of ether oxygens (including phenoxy) is 4. The van der Waals surface area contributed by atoms with Gasteiger partial charge in [-0.15, -0.1) is 0 Å². The van der Waals surface area contributed by atoms with E-state index < -0.39 is 50.7 Å². The van der Waals surface area contributed by atoms with Crippen LogP contribution in [0.25, 0.3) is 0 Å². The molecule has 3 aliphatic rings. The van der Waals surface area contributed by atoms with Crippen molar-refractivity contribution >= 4 is 32.8 Å². The van der Waals surface area contributed by atoms with Crippen molar-refractivity contribution in [1.82, 2.24) is 0 Å². The van der Waals surface area contributed by atoms with Crippen LogP contribution in [-0.2, 0) is 42.4 Å². The summed E-state index contributed by atoms with van der Waals surface area (Å²) in [6, 6.07) is 8.66. The summed E-state index contributed by atoms with van der Waals surface area (Å²) in [6.45, 7) is 33.9. The molecule has 4 rings (SSSR count). The van der Waals surface area contributed by atoms with Crippen molar-refractivity contribution < 1.29 is 41.0 Å². The number of hydrogen-bond donors (Lipinski definition) is 0. The molecule has 57 heavy (non-hydrogen) atoms. The van der Waals surface area contributed by atoms with E-state index in [0.29, 0.717) is 30.8 Å². The van der Waals surface area contributed by atoms with Crippen LogP contribution in [0.4, 0.5) is 0 Å². The van der Waals surface area contributed by atoms with Crippen LogP contribution in [0.3, 0.4) is 0 Å². The third kappa shape index (κ3) is 12.5. The normalized spacial score (nSPS) is 29.9. The van der Waals surface area contributed by atoms with Gasteiger partial charge >= 0.3 is 0 Å². The van der Waals surface area contributed by atoms with Gasteiger partial charge in [0.2, 0.25) is 0 Å². The Morgan fingerprint density at radius 1 is 0.877 bits per heavy atom. The molecule has 0 saturated carbocycles. The maximum Gasteiger partial charge on any atom is 0.192 e. The molecular formula is C45H76O9SSi2. The zero-order chi connectivity index (χ0) is 42.6. The Labute approximate surface area is 348 Å². The fraction of sp³-hybridized carbons (Fsp3) is 0.756. The number of methoxy groups -OCH3 is 1. The molecule has 0 spiro atoms. The van der Waals surface area contributed by atoms with Crippen LogP contribution in [-0.4, -0.2) is 99.6 Å². The largest absolute Gasteiger partial charge is 0.414 e. The van der Waals surface area contributed by atoms with Crippen LogP contribution in [0, 0.1) is 11.8 Å². The summed E-state index contributed by atoms with van der Waals surface area (Å²) >= 11 is 0. The van der Waals surface area contributed by atoms with Crippen molar-refractivity contribution in [3.8, 4) is 0 Å². The van der Waals surface area contributed by atoms with Gasteiger partial charge in [0.15, 0.2) is 26.5 Å². The van der Waals surface area contributed by atoms with E-state index in [2.05, 4.69) is 87.8 Å². The Morgan fingerprint density at radius 2 is 1.51 bits per heavy atom. The molecule has 0 amide bonds. The minimum Gasteiger partial charge on any atom is -0.414 e. The molecule has 324 valence electrons. The zero-order valence-electron chi connectivity index (χ0n) is 37.3. The van der Waals surface area contributed by atoms with Gasteiger partial charge in [0.25, 0.3) is 0 Å². The van der Waals surface area contributed by atoms with Crippen molar-refractivity contribution in [3.63, 3.8) is 0 Å². The Bertz CT molecular complexity index is 1600. The van der Waals surface area contributed by atoms with Crippen molar-refractivity contribution in [2.24, 2.45) is 11.8 Å².